The molecule has 1 aromatic rings. The van der Waals surface area contributed by atoms with Gasteiger partial charge in [-0.25, -0.2) is 0 Å². The predicted octanol–water partition coefficient (Wildman–Crippen LogP) is 0.462. The minimum atomic E-state index is -0.487. The first kappa shape index (κ1) is 16.1. The second-order valence-corrected chi connectivity index (χ2v) is 5.43. The molecule has 3 N–H and O–H groups in total. The van der Waals surface area contributed by atoms with E-state index in [1.54, 1.807) is 14.1 Å². The zero-order valence-electron chi connectivity index (χ0n) is 12.9. The average molecular weight is 279 g/mol. The van der Waals surface area contributed by atoms with Gasteiger partial charge in [0.25, 0.3) is 0 Å². The normalized spacial score (nSPS) is 12.2. The molecule has 0 unspecified atom stereocenters. The van der Waals surface area contributed by atoms with E-state index in [2.05, 4.69) is 33.2 Å². The Balaban J connectivity index is 2.46. The number of nitrogens with zero attached hydrogens (tertiary/aromatic N) is 2. The number of aryl methyl sites for hydroxylation is 1. The lowest BCUT2D eigenvalue weighted by atomic mass is 9.92. The molecule has 1 heterocycles. The molecule has 0 aliphatic rings. The summed E-state index contributed by atoms with van der Waals surface area (Å²) < 4.78 is 2.00. The van der Waals surface area contributed by atoms with E-state index >= 15 is 0 Å². The van der Waals surface area contributed by atoms with Crippen LogP contribution < -0.4 is 16.0 Å². The van der Waals surface area contributed by atoms with Gasteiger partial charge in [0, 0.05) is 46.6 Å². The van der Waals surface area contributed by atoms with Crippen molar-refractivity contribution in [3.63, 3.8) is 0 Å². The third-order valence-corrected chi connectivity index (χ3v) is 3.12. The maximum Gasteiger partial charge on any atom is 0.227 e. The molecule has 0 aliphatic heterocycles. The summed E-state index contributed by atoms with van der Waals surface area (Å²) in [6.07, 6.45) is 4.05. The Labute approximate surface area is 120 Å². The fourth-order valence-electron chi connectivity index (χ4n) is 1.80. The number of guanidine groups is 1. The summed E-state index contributed by atoms with van der Waals surface area (Å²) in [5.74, 6) is 0.689. The van der Waals surface area contributed by atoms with Crippen LogP contribution in [0.3, 0.4) is 0 Å². The molecule has 0 saturated carbocycles. The van der Waals surface area contributed by atoms with E-state index < -0.39 is 5.41 Å². The highest BCUT2D eigenvalue weighted by atomic mass is 16.2. The van der Waals surface area contributed by atoms with E-state index in [9.17, 15) is 4.79 Å². The SMILES string of the molecule is CN=C(NCc1ccn(C)c1)NCC(C)(C)C(=O)NC. The Kier molecular flexibility index (Phi) is 5.61. The van der Waals surface area contributed by atoms with Crippen molar-refractivity contribution in [3.05, 3.63) is 24.0 Å². The minimum Gasteiger partial charge on any atom is -0.359 e. The van der Waals surface area contributed by atoms with Crippen LogP contribution in [-0.4, -0.2) is 37.1 Å². The Morgan fingerprint density at radius 3 is 2.60 bits per heavy atom. The molecule has 6 nitrogen and oxygen atoms in total. The van der Waals surface area contributed by atoms with Crippen molar-refractivity contribution >= 4 is 11.9 Å². The molecule has 1 aromatic heterocycles. The highest BCUT2D eigenvalue weighted by Gasteiger charge is 2.26. The van der Waals surface area contributed by atoms with Crippen LogP contribution in [-0.2, 0) is 18.4 Å². The van der Waals surface area contributed by atoms with Crippen molar-refractivity contribution in [3.8, 4) is 0 Å². The zero-order valence-corrected chi connectivity index (χ0v) is 12.9. The number of amides is 1. The van der Waals surface area contributed by atoms with Gasteiger partial charge in [0.2, 0.25) is 5.91 Å². The smallest absolute Gasteiger partial charge is 0.227 e. The van der Waals surface area contributed by atoms with Gasteiger partial charge in [-0.2, -0.15) is 0 Å². The maximum atomic E-state index is 11.7. The third-order valence-electron chi connectivity index (χ3n) is 3.12. The molecule has 0 spiro atoms. The molecule has 20 heavy (non-hydrogen) atoms. The first-order chi connectivity index (χ1) is 9.39. The molecule has 112 valence electrons. The largest absolute Gasteiger partial charge is 0.359 e. The number of nitrogens with one attached hydrogen (secondary N) is 3. The molecular formula is C14H25N5O. The monoisotopic (exact) mass is 279 g/mol. The number of rotatable bonds is 5. The number of carbonyl (C=O) groups excluding carboxylic acids is 1. The molecule has 0 saturated heterocycles. The van der Waals surface area contributed by atoms with Crippen LogP contribution in [0, 0.1) is 5.41 Å². The number of hydrogen-bond donors (Lipinski definition) is 3. The predicted molar refractivity (Wildman–Crippen MR) is 81.5 cm³/mol. The number of aliphatic imine (C=N–C) groups is 1. The quantitative estimate of drug-likeness (QED) is 0.542. The summed E-state index contributed by atoms with van der Waals surface area (Å²) in [4.78, 5) is 15.9. The van der Waals surface area contributed by atoms with Crippen LogP contribution >= 0.6 is 0 Å². The van der Waals surface area contributed by atoms with E-state index in [1.807, 2.05) is 31.7 Å². The summed E-state index contributed by atoms with van der Waals surface area (Å²) in [7, 11) is 5.35. The lowest BCUT2D eigenvalue weighted by Gasteiger charge is -2.24. The summed E-state index contributed by atoms with van der Waals surface area (Å²) >= 11 is 0. The van der Waals surface area contributed by atoms with Gasteiger partial charge in [-0.15, -0.1) is 0 Å². The second kappa shape index (κ2) is 6.98. The van der Waals surface area contributed by atoms with E-state index in [0.29, 0.717) is 19.0 Å². The number of aromatic nitrogens is 1. The number of hydrogen-bond acceptors (Lipinski definition) is 2. The van der Waals surface area contributed by atoms with E-state index in [-0.39, 0.29) is 5.91 Å². The molecular weight excluding hydrogens is 254 g/mol. The molecule has 0 aliphatic carbocycles. The number of carbonyl (C=O) groups is 1. The van der Waals surface area contributed by atoms with Crippen molar-refractivity contribution in [2.75, 3.05) is 20.6 Å². The molecule has 0 atom stereocenters. The van der Waals surface area contributed by atoms with Crippen molar-refractivity contribution in [2.24, 2.45) is 17.5 Å². The van der Waals surface area contributed by atoms with Crippen molar-refractivity contribution in [2.45, 2.75) is 20.4 Å². The van der Waals surface area contributed by atoms with Crippen LogP contribution in [0.15, 0.2) is 23.5 Å². The minimum absolute atomic E-state index is 0.00325. The van der Waals surface area contributed by atoms with Gasteiger partial charge < -0.3 is 20.5 Å². The van der Waals surface area contributed by atoms with Crippen molar-refractivity contribution < 1.29 is 4.79 Å². The molecule has 6 heteroatoms. The fraction of sp³-hybridized carbons (Fsp3) is 0.571. The summed E-state index contributed by atoms with van der Waals surface area (Å²) in [5, 5.41) is 9.06. The Morgan fingerprint density at radius 2 is 2.10 bits per heavy atom. The standard InChI is InChI=1S/C14H25N5O/c1-14(2,12(20)15-3)10-18-13(16-4)17-8-11-6-7-19(5)9-11/h6-7,9H,8,10H2,1-5H3,(H,15,20)(H2,16,17,18). The maximum absolute atomic E-state index is 11.7. The van der Waals surface area contributed by atoms with Crippen LogP contribution in [0.2, 0.25) is 0 Å². The van der Waals surface area contributed by atoms with Gasteiger partial charge in [0.05, 0.1) is 5.41 Å². The second-order valence-electron chi connectivity index (χ2n) is 5.43. The highest BCUT2D eigenvalue weighted by molar-refractivity contribution is 5.84. The van der Waals surface area contributed by atoms with Crippen molar-refractivity contribution in [1.82, 2.24) is 20.5 Å². The highest BCUT2D eigenvalue weighted by Crippen LogP contribution is 2.12. The summed E-state index contributed by atoms with van der Waals surface area (Å²) in [6, 6.07) is 2.05. The lowest BCUT2D eigenvalue weighted by molar-refractivity contribution is -0.128. The Hall–Kier alpha value is -1.98. The van der Waals surface area contributed by atoms with E-state index in [4.69, 9.17) is 0 Å². The van der Waals surface area contributed by atoms with Crippen LogP contribution in [0.4, 0.5) is 0 Å². The first-order valence-corrected chi connectivity index (χ1v) is 6.66. The molecule has 0 fully saturated rings. The topological polar surface area (TPSA) is 70.5 Å². The van der Waals surface area contributed by atoms with Crippen LogP contribution in [0.25, 0.3) is 0 Å². The van der Waals surface area contributed by atoms with E-state index in [0.717, 1.165) is 0 Å². The van der Waals surface area contributed by atoms with Gasteiger partial charge in [-0.3, -0.25) is 9.79 Å². The molecule has 1 amide bonds. The van der Waals surface area contributed by atoms with E-state index in [1.165, 1.54) is 5.56 Å². The zero-order chi connectivity index (χ0) is 15.2. The summed E-state index contributed by atoms with van der Waals surface area (Å²) in [6.45, 7) is 4.99. The van der Waals surface area contributed by atoms with Gasteiger partial charge in [0.1, 0.15) is 0 Å². The van der Waals surface area contributed by atoms with Gasteiger partial charge >= 0.3 is 0 Å². The van der Waals surface area contributed by atoms with Crippen LogP contribution in [0.5, 0.6) is 0 Å². The van der Waals surface area contributed by atoms with Crippen molar-refractivity contribution in [1.29, 1.82) is 0 Å². The molecule has 0 radical (unpaired) electrons. The van der Waals surface area contributed by atoms with Gasteiger partial charge in [-0.1, -0.05) is 0 Å². The lowest BCUT2D eigenvalue weighted by Crippen LogP contribution is -2.47. The Bertz CT molecular complexity index is 476. The third kappa shape index (κ3) is 4.60. The van der Waals surface area contributed by atoms with Gasteiger partial charge in [0.15, 0.2) is 5.96 Å². The average Bonchev–Trinajstić information content (AvgIpc) is 2.83. The Morgan fingerprint density at radius 1 is 1.40 bits per heavy atom. The molecule has 0 aromatic carbocycles. The molecule has 1 rings (SSSR count). The van der Waals surface area contributed by atoms with Crippen LogP contribution in [0.1, 0.15) is 19.4 Å². The fourth-order valence-corrected chi connectivity index (χ4v) is 1.80. The first-order valence-electron chi connectivity index (χ1n) is 6.66. The summed E-state index contributed by atoms with van der Waals surface area (Å²) in [5.41, 5.74) is 0.695. The molecule has 0 bridgehead atoms. The van der Waals surface area contributed by atoms with Gasteiger partial charge in [-0.05, 0) is 25.5 Å².